The molecule has 0 spiro atoms. The number of β-amino-alcohol motifs (C(OH)–C–C–N with tert-alkyl or cyclic N) is 2. The lowest BCUT2D eigenvalue weighted by Gasteiger charge is -2.32. The van der Waals surface area contributed by atoms with Crippen LogP contribution in [0.5, 0.6) is 0 Å². The Kier molecular flexibility index (Phi) is 3.33. The smallest absolute Gasteiger partial charge is 0.0768 e. The maximum Gasteiger partial charge on any atom is 0.0768 e. The third-order valence-electron chi connectivity index (χ3n) is 3.04. The van der Waals surface area contributed by atoms with E-state index in [-0.39, 0.29) is 12.0 Å². The summed E-state index contributed by atoms with van der Waals surface area (Å²) in [5.74, 6) is 0.255. The summed E-state index contributed by atoms with van der Waals surface area (Å²) in [4.78, 5) is 2.13. The van der Waals surface area contributed by atoms with Crippen molar-refractivity contribution in [1.29, 1.82) is 0 Å². The van der Waals surface area contributed by atoms with Gasteiger partial charge >= 0.3 is 0 Å². The Morgan fingerprint density at radius 1 is 1.54 bits per heavy atom. The number of rotatable bonds is 3. The molecule has 0 amide bonds. The van der Waals surface area contributed by atoms with Gasteiger partial charge in [-0.25, -0.2) is 0 Å². The number of likely N-dealkylation sites (tertiary alicyclic amines) is 1. The van der Waals surface area contributed by atoms with E-state index in [1.807, 2.05) is 20.8 Å². The fourth-order valence-electron chi connectivity index (χ4n) is 1.59. The number of hydrogen-bond donors (Lipinski definition) is 2. The fraction of sp³-hybridized carbons (Fsp3) is 1.00. The molecule has 1 aliphatic rings. The molecule has 78 valence electrons. The van der Waals surface area contributed by atoms with Crippen molar-refractivity contribution < 1.29 is 10.2 Å². The molecular weight excluding hydrogens is 166 g/mol. The van der Waals surface area contributed by atoms with Crippen LogP contribution >= 0.6 is 0 Å². The molecule has 0 bridgehead atoms. The molecular formula is C10H21NO2. The zero-order valence-electron chi connectivity index (χ0n) is 8.82. The first kappa shape index (κ1) is 11.0. The Morgan fingerprint density at radius 3 is 2.54 bits per heavy atom. The largest absolute Gasteiger partial charge is 0.392 e. The van der Waals surface area contributed by atoms with Crippen molar-refractivity contribution >= 4 is 0 Å². The van der Waals surface area contributed by atoms with Crippen molar-refractivity contribution in [2.75, 3.05) is 19.6 Å². The first-order chi connectivity index (χ1) is 5.92. The molecule has 0 aliphatic carbocycles. The second-order valence-corrected chi connectivity index (χ2v) is 4.69. The number of aliphatic hydroxyl groups is 2. The minimum Gasteiger partial charge on any atom is -0.392 e. The van der Waals surface area contributed by atoms with E-state index in [1.165, 1.54) is 0 Å². The Balaban J connectivity index is 2.40. The van der Waals surface area contributed by atoms with E-state index in [2.05, 4.69) is 4.90 Å². The normalized spacial score (nSPS) is 29.5. The fourth-order valence-corrected chi connectivity index (χ4v) is 1.59. The lowest BCUT2D eigenvalue weighted by molar-refractivity contribution is -0.0157. The van der Waals surface area contributed by atoms with Crippen molar-refractivity contribution in [1.82, 2.24) is 4.90 Å². The monoisotopic (exact) mass is 187 g/mol. The predicted molar refractivity (Wildman–Crippen MR) is 52.5 cm³/mol. The van der Waals surface area contributed by atoms with Crippen LogP contribution in [0.2, 0.25) is 0 Å². The molecule has 1 saturated heterocycles. The highest BCUT2D eigenvalue weighted by Gasteiger charge is 2.30. The predicted octanol–water partition coefficient (Wildman–Crippen LogP) is 0.460. The van der Waals surface area contributed by atoms with Crippen LogP contribution in [0, 0.1) is 5.92 Å². The van der Waals surface area contributed by atoms with Crippen molar-refractivity contribution in [3.05, 3.63) is 0 Å². The van der Waals surface area contributed by atoms with Gasteiger partial charge in [0.05, 0.1) is 11.7 Å². The molecule has 2 N–H and O–H groups in total. The van der Waals surface area contributed by atoms with E-state index in [0.717, 1.165) is 13.0 Å². The van der Waals surface area contributed by atoms with Crippen LogP contribution in [0.4, 0.5) is 0 Å². The number of hydrogen-bond acceptors (Lipinski definition) is 3. The Hall–Kier alpha value is -0.120. The molecule has 0 saturated carbocycles. The molecule has 1 rings (SSSR count). The van der Waals surface area contributed by atoms with Gasteiger partial charge < -0.3 is 10.2 Å². The van der Waals surface area contributed by atoms with Crippen LogP contribution in [-0.4, -0.2) is 46.5 Å². The summed E-state index contributed by atoms with van der Waals surface area (Å²) in [7, 11) is 0. The highest BCUT2D eigenvalue weighted by atomic mass is 16.3. The number of aliphatic hydroxyl groups excluding tert-OH is 1. The molecule has 0 aromatic heterocycles. The molecule has 0 aromatic carbocycles. The van der Waals surface area contributed by atoms with Crippen LogP contribution in [0.25, 0.3) is 0 Å². The molecule has 0 aromatic rings. The zero-order chi connectivity index (χ0) is 10.1. The van der Waals surface area contributed by atoms with Crippen molar-refractivity contribution in [2.24, 2.45) is 5.92 Å². The summed E-state index contributed by atoms with van der Waals surface area (Å²) < 4.78 is 0. The topological polar surface area (TPSA) is 43.7 Å². The third kappa shape index (κ3) is 2.93. The lowest BCUT2D eigenvalue weighted by atomic mass is 9.92. The number of nitrogens with zero attached hydrogens (tertiary/aromatic N) is 1. The van der Waals surface area contributed by atoms with E-state index in [0.29, 0.717) is 13.1 Å². The van der Waals surface area contributed by atoms with Crippen molar-refractivity contribution in [3.8, 4) is 0 Å². The second-order valence-electron chi connectivity index (χ2n) is 4.69. The van der Waals surface area contributed by atoms with Gasteiger partial charge in [0.1, 0.15) is 0 Å². The summed E-state index contributed by atoms with van der Waals surface area (Å²) in [5.41, 5.74) is -0.635. The molecule has 1 fully saturated rings. The average Bonchev–Trinajstić information content (AvgIpc) is 2.34. The van der Waals surface area contributed by atoms with Crippen molar-refractivity contribution in [2.45, 2.75) is 38.9 Å². The first-order valence-corrected chi connectivity index (χ1v) is 5.04. The average molecular weight is 187 g/mol. The van der Waals surface area contributed by atoms with Crippen LogP contribution in [0.3, 0.4) is 0 Å². The van der Waals surface area contributed by atoms with Crippen LogP contribution in [-0.2, 0) is 0 Å². The van der Waals surface area contributed by atoms with Crippen LogP contribution in [0.1, 0.15) is 27.2 Å². The van der Waals surface area contributed by atoms with Crippen molar-refractivity contribution in [3.63, 3.8) is 0 Å². The molecule has 3 heteroatoms. The summed E-state index contributed by atoms with van der Waals surface area (Å²) in [5, 5.41) is 19.3. The maximum absolute atomic E-state index is 10.0. The van der Waals surface area contributed by atoms with Crippen LogP contribution in [0.15, 0.2) is 0 Å². The van der Waals surface area contributed by atoms with Gasteiger partial charge in [0.15, 0.2) is 0 Å². The highest BCUT2D eigenvalue weighted by molar-refractivity contribution is 4.84. The van der Waals surface area contributed by atoms with E-state index in [1.54, 1.807) is 0 Å². The highest BCUT2D eigenvalue weighted by Crippen LogP contribution is 2.20. The minimum absolute atomic E-state index is 0.192. The molecule has 0 radical (unpaired) electrons. The standard InChI is InChI=1S/C10H21NO2/c1-8(2)10(3,13)7-11-5-4-9(12)6-11/h8-9,12-13H,4-7H2,1-3H3/t9-,10?/m0/s1. The van der Waals surface area contributed by atoms with E-state index < -0.39 is 5.60 Å². The molecule has 2 atom stereocenters. The SMILES string of the molecule is CC(C)C(C)(O)CN1CC[C@H](O)C1. The molecule has 1 unspecified atom stereocenters. The quantitative estimate of drug-likeness (QED) is 0.674. The first-order valence-electron chi connectivity index (χ1n) is 5.04. The summed E-state index contributed by atoms with van der Waals surface area (Å²) in [6.45, 7) is 8.19. The molecule has 1 aliphatic heterocycles. The van der Waals surface area contributed by atoms with Gasteiger partial charge in [-0.2, -0.15) is 0 Å². The minimum atomic E-state index is -0.635. The van der Waals surface area contributed by atoms with Gasteiger partial charge in [0, 0.05) is 19.6 Å². The Morgan fingerprint density at radius 2 is 2.15 bits per heavy atom. The summed E-state index contributed by atoms with van der Waals surface area (Å²) in [6, 6.07) is 0. The van der Waals surface area contributed by atoms with Gasteiger partial charge in [-0.3, -0.25) is 4.90 Å². The Labute approximate surface area is 80.4 Å². The van der Waals surface area contributed by atoms with Gasteiger partial charge in [-0.1, -0.05) is 13.8 Å². The maximum atomic E-state index is 10.0. The van der Waals surface area contributed by atoms with Gasteiger partial charge in [-0.15, -0.1) is 0 Å². The van der Waals surface area contributed by atoms with Gasteiger partial charge in [0.2, 0.25) is 0 Å². The van der Waals surface area contributed by atoms with Crippen LogP contribution < -0.4 is 0 Å². The Bertz CT molecular complexity index is 168. The van der Waals surface area contributed by atoms with E-state index in [4.69, 9.17) is 0 Å². The second kappa shape index (κ2) is 3.95. The van der Waals surface area contributed by atoms with Gasteiger partial charge in [-0.05, 0) is 19.3 Å². The van der Waals surface area contributed by atoms with E-state index in [9.17, 15) is 10.2 Å². The summed E-state index contributed by atoms with van der Waals surface area (Å²) in [6.07, 6.45) is 0.650. The molecule has 13 heavy (non-hydrogen) atoms. The third-order valence-corrected chi connectivity index (χ3v) is 3.04. The lowest BCUT2D eigenvalue weighted by Crippen LogP contribution is -2.43. The zero-order valence-corrected chi connectivity index (χ0v) is 8.82. The van der Waals surface area contributed by atoms with E-state index >= 15 is 0 Å². The van der Waals surface area contributed by atoms with Gasteiger partial charge in [0.25, 0.3) is 0 Å². The molecule has 3 nitrogen and oxygen atoms in total. The molecule has 1 heterocycles. The summed E-state index contributed by atoms with van der Waals surface area (Å²) >= 11 is 0.